The maximum absolute atomic E-state index is 13.9. The number of anilines is 2. The van der Waals surface area contributed by atoms with Crippen LogP contribution < -0.4 is 5.32 Å². The van der Waals surface area contributed by atoms with Gasteiger partial charge in [0, 0.05) is 46.3 Å². The van der Waals surface area contributed by atoms with E-state index in [9.17, 15) is 9.18 Å². The van der Waals surface area contributed by atoms with Gasteiger partial charge in [0.15, 0.2) is 0 Å². The number of hydrogen-bond acceptors (Lipinski definition) is 5. The molecule has 2 aromatic carbocycles. The van der Waals surface area contributed by atoms with Crippen molar-refractivity contribution in [2.45, 2.75) is 12.8 Å². The van der Waals surface area contributed by atoms with Crippen LogP contribution >= 0.6 is 0 Å². The van der Waals surface area contributed by atoms with Crippen LogP contribution in [0.5, 0.6) is 0 Å². The third-order valence-electron chi connectivity index (χ3n) is 4.54. The van der Waals surface area contributed by atoms with Crippen molar-refractivity contribution >= 4 is 23.6 Å². The maximum Gasteiger partial charge on any atom is 0.227 e. The SMILES string of the molecule is N=C(c1ccc(C=O)cc1Nc1ncc(-c2ccccc2F)cn1)C1CC1. The molecule has 1 aliphatic rings. The molecule has 3 aromatic rings. The first-order valence-corrected chi connectivity index (χ1v) is 8.67. The van der Waals surface area contributed by atoms with Crippen LogP contribution in [0.15, 0.2) is 54.9 Å². The fourth-order valence-corrected chi connectivity index (χ4v) is 2.91. The molecule has 27 heavy (non-hydrogen) atoms. The third kappa shape index (κ3) is 3.60. The molecule has 0 aliphatic heterocycles. The van der Waals surface area contributed by atoms with E-state index in [4.69, 9.17) is 5.41 Å². The van der Waals surface area contributed by atoms with Gasteiger partial charge in [0.1, 0.15) is 12.1 Å². The second-order valence-electron chi connectivity index (χ2n) is 6.51. The Morgan fingerprint density at radius 1 is 1.15 bits per heavy atom. The summed E-state index contributed by atoms with van der Waals surface area (Å²) in [7, 11) is 0. The van der Waals surface area contributed by atoms with Gasteiger partial charge in [0.25, 0.3) is 0 Å². The van der Waals surface area contributed by atoms with Gasteiger partial charge in [-0.15, -0.1) is 0 Å². The van der Waals surface area contributed by atoms with Crippen molar-refractivity contribution in [1.29, 1.82) is 5.41 Å². The number of aldehydes is 1. The highest BCUT2D eigenvalue weighted by Gasteiger charge is 2.28. The molecule has 0 amide bonds. The van der Waals surface area contributed by atoms with Gasteiger partial charge in [-0.25, -0.2) is 14.4 Å². The first kappa shape index (κ1) is 17.0. The van der Waals surface area contributed by atoms with Gasteiger partial charge in [0.05, 0.1) is 5.69 Å². The van der Waals surface area contributed by atoms with Crippen LogP contribution in [0.1, 0.15) is 28.8 Å². The highest BCUT2D eigenvalue weighted by atomic mass is 19.1. The maximum atomic E-state index is 13.9. The minimum absolute atomic E-state index is 0.275. The molecule has 0 saturated heterocycles. The van der Waals surface area contributed by atoms with Gasteiger partial charge in [-0.3, -0.25) is 4.79 Å². The van der Waals surface area contributed by atoms with Crippen molar-refractivity contribution in [3.05, 3.63) is 71.8 Å². The van der Waals surface area contributed by atoms with Crippen molar-refractivity contribution < 1.29 is 9.18 Å². The van der Waals surface area contributed by atoms with Gasteiger partial charge in [-0.05, 0) is 25.0 Å². The van der Waals surface area contributed by atoms with E-state index in [1.807, 2.05) is 0 Å². The molecule has 134 valence electrons. The van der Waals surface area contributed by atoms with Crippen molar-refractivity contribution in [1.82, 2.24) is 9.97 Å². The molecule has 1 heterocycles. The van der Waals surface area contributed by atoms with Crippen molar-refractivity contribution in [3.63, 3.8) is 0 Å². The number of nitrogens with zero attached hydrogens (tertiary/aromatic N) is 2. The Balaban J connectivity index is 1.63. The third-order valence-corrected chi connectivity index (χ3v) is 4.54. The van der Waals surface area contributed by atoms with Crippen molar-refractivity contribution in [3.8, 4) is 11.1 Å². The molecular formula is C21H17FN4O. The van der Waals surface area contributed by atoms with E-state index < -0.39 is 0 Å². The first-order chi connectivity index (χ1) is 13.2. The molecule has 0 atom stereocenters. The van der Waals surface area contributed by atoms with E-state index in [1.54, 1.807) is 48.8 Å². The van der Waals surface area contributed by atoms with Crippen LogP contribution in [0.4, 0.5) is 16.0 Å². The summed E-state index contributed by atoms with van der Waals surface area (Å²) in [4.78, 5) is 19.6. The van der Waals surface area contributed by atoms with Crippen molar-refractivity contribution in [2.75, 3.05) is 5.32 Å². The lowest BCUT2D eigenvalue weighted by atomic mass is 10.0. The number of halogens is 1. The molecule has 5 nitrogen and oxygen atoms in total. The number of carbonyl (C=O) groups excluding carboxylic acids is 1. The van der Waals surface area contributed by atoms with Gasteiger partial charge in [-0.2, -0.15) is 0 Å². The highest BCUT2D eigenvalue weighted by molar-refractivity contribution is 6.06. The summed E-state index contributed by atoms with van der Waals surface area (Å²) in [5.74, 6) is 0.264. The molecule has 0 unspecified atom stereocenters. The predicted octanol–water partition coefficient (Wildman–Crippen LogP) is 4.62. The van der Waals surface area contributed by atoms with E-state index in [1.165, 1.54) is 6.07 Å². The van der Waals surface area contributed by atoms with E-state index >= 15 is 0 Å². The summed E-state index contributed by atoms with van der Waals surface area (Å²) in [5, 5.41) is 11.4. The van der Waals surface area contributed by atoms with Gasteiger partial charge in [-0.1, -0.05) is 30.3 Å². The minimum Gasteiger partial charge on any atom is -0.324 e. The molecule has 0 bridgehead atoms. The lowest BCUT2D eigenvalue weighted by molar-refractivity contribution is 0.112. The zero-order valence-electron chi connectivity index (χ0n) is 14.4. The molecule has 2 N–H and O–H groups in total. The zero-order chi connectivity index (χ0) is 18.8. The second kappa shape index (κ2) is 7.07. The molecule has 1 fully saturated rings. The van der Waals surface area contributed by atoms with Crippen LogP contribution in [0.25, 0.3) is 11.1 Å². The van der Waals surface area contributed by atoms with Gasteiger partial charge >= 0.3 is 0 Å². The average Bonchev–Trinajstić information content (AvgIpc) is 3.54. The summed E-state index contributed by atoms with van der Waals surface area (Å²) in [6.45, 7) is 0. The average molecular weight is 360 g/mol. The van der Waals surface area contributed by atoms with Crippen LogP contribution in [-0.2, 0) is 0 Å². The van der Waals surface area contributed by atoms with Gasteiger partial charge in [0.2, 0.25) is 5.95 Å². The molecular weight excluding hydrogens is 343 g/mol. The molecule has 6 heteroatoms. The second-order valence-corrected chi connectivity index (χ2v) is 6.51. The number of rotatable bonds is 6. The van der Waals surface area contributed by atoms with Crippen LogP contribution in [0, 0.1) is 17.1 Å². The topological polar surface area (TPSA) is 78.7 Å². The summed E-state index contributed by atoms with van der Waals surface area (Å²) < 4.78 is 13.9. The Morgan fingerprint density at radius 3 is 2.56 bits per heavy atom. The monoisotopic (exact) mass is 360 g/mol. The molecule has 0 radical (unpaired) electrons. The smallest absolute Gasteiger partial charge is 0.227 e. The lowest BCUT2D eigenvalue weighted by Crippen LogP contribution is -2.08. The zero-order valence-corrected chi connectivity index (χ0v) is 14.4. The van der Waals surface area contributed by atoms with Crippen LogP contribution in [0.3, 0.4) is 0 Å². The van der Waals surface area contributed by atoms with E-state index in [2.05, 4.69) is 15.3 Å². The fraction of sp³-hybridized carbons (Fsp3) is 0.143. The summed E-state index contributed by atoms with van der Waals surface area (Å²) in [6, 6.07) is 11.6. The Hall–Kier alpha value is -3.41. The summed E-state index contributed by atoms with van der Waals surface area (Å²) in [6.07, 6.45) is 5.88. The first-order valence-electron chi connectivity index (χ1n) is 8.67. The molecule has 1 saturated carbocycles. The van der Waals surface area contributed by atoms with Crippen LogP contribution in [0.2, 0.25) is 0 Å². The quantitative estimate of drug-likeness (QED) is 0.497. The Labute approximate surface area is 155 Å². The number of carbonyl (C=O) groups is 1. The van der Waals surface area contributed by atoms with E-state index in [0.717, 1.165) is 24.7 Å². The largest absolute Gasteiger partial charge is 0.324 e. The Morgan fingerprint density at radius 2 is 1.89 bits per heavy atom. The molecule has 4 rings (SSSR count). The Kier molecular flexibility index (Phi) is 4.46. The minimum atomic E-state index is -0.333. The standard InChI is InChI=1S/C21H17FN4O/c22-18-4-2-1-3-16(18)15-10-24-21(25-11-15)26-19-9-13(12-27)5-8-17(19)20(23)14-6-7-14/h1-5,8-12,14,23H,6-7H2,(H,24,25,26). The van der Waals surface area contributed by atoms with E-state index in [0.29, 0.717) is 34.0 Å². The number of nitrogens with one attached hydrogen (secondary N) is 2. The normalized spacial score (nSPS) is 13.2. The summed E-state index contributed by atoms with van der Waals surface area (Å²) in [5.41, 5.74) is 3.43. The molecule has 1 aromatic heterocycles. The fourth-order valence-electron chi connectivity index (χ4n) is 2.91. The van der Waals surface area contributed by atoms with E-state index in [-0.39, 0.29) is 11.7 Å². The van der Waals surface area contributed by atoms with Gasteiger partial charge < -0.3 is 10.7 Å². The number of benzene rings is 2. The highest BCUT2D eigenvalue weighted by Crippen LogP contribution is 2.35. The number of aromatic nitrogens is 2. The molecule has 1 aliphatic carbocycles. The number of hydrogen-bond donors (Lipinski definition) is 2. The summed E-state index contributed by atoms with van der Waals surface area (Å²) >= 11 is 0. The Bertz CT molecular complexity index is 1010. The predicted molar refractivity (Wildman–Crippen MR) is 102 cm³/mol. The van der Waals surface area contributed by atoms with Crippen molar-refractivity contribution in [2.24, 2.45) is 5.92 Å². The molecule has 0 spiro atoms. The van der Waals surface area contributed by atoms with Crippen LogP contribution in [-0.4, -0.2) is 22.0 Å². The lowest BCUT2D eigenvalue weighted by Gasteiger charge is -2.13.